The number of fused-ring (bicyclic) bond motifs is 1. The topological polar surface area (TPSA) is 71.6 Å². The number of rotatable bonds is 3. The Morgan fingerprint density at radius 1 is 1.00 bits per heavy atom. The van der Waals surface area contributed by atoms with E-state index in [1.807, 2.05) is 22.7 Å². The van der Waals surface area contributed by atoms with E-state index in [-0.39, 0.29) is 11.9 Å². The fourth-order valence-corrected chi connectivity index (χ4v) is 4.11. The largest absolute Gasteiger partial charge is 0.334 e. The minimum absolute atomic E-state index is 0.0239. The van der Waals surface area contributed by atoms with Crippen molar-refractivity contribution in [3.63, 3.8) is 0 Å². The summed E-state index contributed by atoms with van der Waals surface area (Å²) in [5.41, 5.74) is 5.79. The summed E-state index contributed by atoms with van der Waals surface area (Å²) in [5, 5.41) is 13.2. The molecule has 0 N–H and O–H groups in total. The molecule has 0 aliphatic carbocycles. The molecule has 1 fully saturated rings. The summed E-state index contributed by atoms with van der Waals surface area (Å²) in [6.45, 7) is 4.07. The van der Waals surface area contributed by atoms with Crippen LogP contribution in [0.5, 0.6) is 0 Å². The molecule has 31 heavy (non-hydrogen) atoms. The van der Waals surface area contributed by atoms with E-state index >= 15 is 0 Å². The van der Waals surface area contributed by atoms with Crippen molar-refractivity contribution in [3.8, 4) is 11.1 Å². The molecule has 3 aromatic heterocycles. The van der Waals surface area contributed by atoms with Crippen LogP contribution < -0.4 is 0 Å². The van der Waals surface area contributed by atoms with E-state index in [0.29, 0.717) is 18.8 Å². The maximum Gasteiger partial charge on any atom is 0.274 e. The normalized spacial score (nSPS) is 17.4. The van der Waals surface area contributed by atoms with Crippen LogP contribution in [-0.4, -0.2) is 67.0 Å². The molecule has 0 radical (unpaired) electrons. The van der Waals surface area contributed by atoms with Gasteiger partial charge in [-0.3, -0.25) is 14.4 Å². The molecule has 1 saturated heterocycles. The van der Waals surface area contributed by atoms with Crippen LogP contribution in [0, 0.1) is 6.92 Å². The predicted molar refractivity (Wildman–Crippen MR) is 118 cm³/mol. The highest BCUT2D eigenvalue weighted by molar-refractivity contribution is 5.92. The van der Waals surface area contributed by atoms with Crippen LogP contribution in [0.25, 0.3) is 16.6 Å². The lowest BCUT2D eigenvalue weighted by Gasteiger charge is -2.38. The minimum atomic E-state index is -0.0446. The van der Waals surface area contributed by atoms with Crippen LogP contribution in [0.3, 0.4) is 0 Å². The lowest BCUT2D eigenvalue weighted by Crippen LogP contribution is -2.49. The van der Waals surface area contributed by atoms with Gasteiger partial charge in [0.05, 0.1) is 11.6 Å². The number of carbonyl (C=O) groups is 1. The summed E-state index contributed by atoms with van der Waals surface area (Å²) in [7, 11) is 3.89. The zero-order valence-electron chi connectivity index (χ0n) is 17.9. The van der Waals surface area contributed by atoms with E-state index in [4.69, 9.17) is 0 Å². The lowest BCUT2D eigenvalue weighted by molar-refractivity contribution is 0.0535. The maximum absolute atomic E-state index is 12.9. The number of aryl methyl sites for hydroxylation is 2. The van der Waals surface area contributed by atoms with Gasteiger partial charge in [0.2, 0.25) is 0 Å². The van der Waals surface area contributed by atoms with Gasteiger partial charge in [0.15, 0.2) is 0 Å². The Balaban J connectivity index is 1.43. The Morgan fingerprint density at radius 2 is 1.77 bits per heavy atom. The number of likely N-dealkylation sites (N-methyl/N-ethyl adjacent to an activating group) is 1. The van der Waals surface area contributed by atoms with Gasteiger partial charge in [0, 0.05) is 44.6 Å². The monoisotopic (exact) mass is 415 g/mol. The van der Waals surface area contributed by atoms with Gasteiger partial charge in [0.1, 0.15) is 11.4 Å². The van der Waals surface area contributed by atoms with Gasteiger partial charge in [0.25, 0.3) is 5.91 Å². The fraction of sp³-hybridized carbons (Fsp3) is 0.304. The van der Waals surface area contributed by atoms with E-state index in [1.54, 1.807) is 16.9 Å². The predicted octanol–water partition coefficient (Wildman–Crippen LogP) is 2.57. The first kappa shape index (κ1) is 19.4. The Labute approximate surface area is 180 Å². The number of hydrogen-bond acceptors (Lipinski definition) is 5. The third-order valence-electron chi connectivity index (χ3n) is 6.01. The molecule has 8 nitrogen and oxygen atoms in total. The maximum atomic E-state index is 12.9. The van der Waals surface area contributed by atoms with E-state index < -0.39 is 0 Å². The summed E-state index contributed by atoms with van der Waals surface area (Å²) >= 11 is 0. The molecule has 5 rings (SSSR count). The second kappa shape index (κ2) is 7.63. The van der Waals surface area contributed by atoms with Crippen molar-refractivity contribution in [1.29, 1.82) is 0 Å². The Morgan fingerprint density at radius 3 is 2.52 bits per heavy atom. The van der Waals surface area contributed by atoms with Crippen molar-refractivity contribution in [2.45, 2.75) is 13.0 Å². The van der Waals surface area contributed by atoms with Gasteiger partial charge in [-0.2, -0.15) is 5.10 Å². The number of nitrogens with zero attached hydrogens (tertiary/aromatic N) is 7. The van der Waals surface area contributed by atoms with Gasteiger partial charge in [-0.1, -0.05) is 41.1 Å². The van der Waals surface area contributed by atoms with E-state index in [9.17, 15) is 4.79 Å². The minimum Gasteiger partial charge on any atom is -0.334 e. The van der Waals surface area contributed by atoms with Crippen LogP contribution in [0.2, 0.25) is 0 Å². The number of amides is 1. The van der Waals surface area contributed by atoms with Crippen LogP contribution in [0.4, 0.5) is 0 Å². The smallest absolute Gasteiger partial charge is 0.274 e. The fourth-order valence-electron chi connectivity index (χ4n) is 4.11. The average Bonchev–Trinajstić information content (AvgIpc) is 3.40. The summed E-state index contributed by atoms with van der Waals surface area (Å²) < 4.78 is 3.48. The highest BCUT2D eigenvalue weighted by Crippen LogP contribution is 2.28. The summed E-state index contributed by atoms with van der Waals surface area (Å²) in [4.78, 5) is 17.0. The van der Waals surface area contributed by atoms with Crippen LogP contribution in [-0.2, 0) is 7.05 Å². The van der Waals surface area contributed by atoms with E-state index in [2.05, 4.69) is 70.7 Å². The Bertz CT molecular complexity index is 1240. The Hall–Kier alpha value is -3.52. The number of carbonyl (C=O) groups excluding carboxylic acids is 1. The number of piperazine rings is 1. The van der Waals surface area contributed by atoms with Crippen molar-refractivity contribution >= 4 is 11.4 Å². The van der Waals surface area contributed by atoms with Crippen molar-refractivity contribution in [2.75, 3.05) is 26.7 Å². The molecule has 1 aliphatic rings. The van der Waals surface area contributed by atoms with Gasteiger partial charge in [-0.25, -0.2) is 4.52 Å². The third kappa shape index (κ3) is 3.59. The second-order valence-electron chi connectivity index (χ2n) is 8.21. The second-order valence-corrected chi connectivity index (χ2v) is 8.21. The summed E-state index contributed by atoms with van der Waals surface area (Å²) in [5.74, 6) is -0.0446. The van der Waals surface area contributed by atoms with Crippen molar-refractivity contribution in [1.82, 2.24) is 34.4 Å². The van der Waals surface area contributed by atoms with Gasteiger partial charge >= 0.3 is 0 Å². The number of hydrogen-bond donors (Lipinski definition) is 0. The number of pyridine rings is 1. The van der Waals surface area contributed by atoms with Crippen molar-refractivity contribution in [2.24, 2.45) is 7.05 Å². The van der Waals surface area contributed by atoms with Crippen molar-refractivity contribution in [3.05, 3.63) is 71.8 Å². The zero-order chi connectivity index (χ0) is 21.5. The molecule has 1 aromatic carbocycles. The van der Waals surface area contributed by atoms with Gasteiger partial charge < -0.3 is 4.90 Å². The number of benzene rings is 1. The molecule has 0 bridgehead atoms. The molecule has 1 atom stereocenters. The van der Waals surface area contributed by atoms with Crippen LogP contribution in [0.15, 0.2) is 54.9 Å². The first-order valence-corrected chi connectivity index (χ1v) is 10.4. The quantitative estimate of drug-likeness (QED) is 0.514. The highest BCUT2D eigenvalue weighted by atomic mass is 16.2. The Kier molecular flexibility index (Phi) is 4.78. The zero-order valence-corrected chi connectivity index (χ0v) is 17.9. The standard InChI is InChI=1S/C23H25N7O/c1-16-4-6-17(7-5-16)18-8-9-20-22(24-26-30(20)14-18)21-15-29(13-12-27(21)2)23(31)19-10-11-28(3)25-19/h4-11,14,21H,12-13,15H2,1-3H3/t21-/m0/s1. The molecular formula is C23H25N7O. The number of aromatic nitrogens is 5. The molecular weight excluding hydrogens is 390 g/mol. The first-order valence-electron chi connectivity index (χ1n) is 10.4. The summed E-state index contributed by atoms with van der Waals surface area (Å²) in [6.07, 6.45) is 3.80. The highest BCUT2D eigenvalue weighted by Gasteiger charge is 2.32. The molecule has 1 aliphatic heterocycles. The molecule has 4 heterocycles. The molecule has 0 spiro atoms. The van der Waals surface area contributed by atoms with Crippen molar-refractivity contribution < 1.29 is 4.79 Å². The van der Waals surface area contributed by atoms with E-state index in [1.165, 1.54) is 5.56 Å². The molecule has 8 heteroatoms. The molecule has 1 amide bonds. The SMILES string of the molecule is Cc1ccc(-c2ccc3c([C@@H]4CN(C(=O)c5ccn(C)n5)CCN4C)nnn3c2)cc1. The third-order valence-corrected chi connectivity index (χ3v) is 6.01. The average molecular weight is 416 g/mol. The first-order chi connectivity index (χ1) is 15.0. The van der Waals surface area contributed by atoms with E-state index in [0.717, 1.165) is 28.9 Å². The molecule has 0 saturated carbocycles. The molecule has 0 unspecified atom stereocenters. The molecule has 4 aromatic rings. The summed E-state index contributed by atoms with van der Waals surface area (Å²) in [6, 6.07) is 14.4. The van der Waals surface area contributed by atoms with Gasteiger partial charge in [-0.05, 0) is 31.7 Å². The van der Waals surface area contributed by atoms with Crippen LogP contribution in [0.1, 0.15) is 27.8 Å². The van der Waals surface area contributed by atoms with Crippen LogP contribution >= 0.6 is 0 Å². The molecule has 158 valence electrons. The lowest BCUT2D eigenvalue weighted by atomic mass is 10.0. The van der Waals surface area contributed by atoms with Gasteiger partial charge in [-0.15, -0.1) is 5.10 Å².